The summed E-state index contributed by atoms with van der Waals surface area (Å²) in [5, 5.41) is 14.0. The number of carbonyl (C=O) groups is 1. The minimum Gasteiger partial charge on any atom is -0.387 e. The number of hydrogen-bond donors (Lipinski definition) is 3. The predicted molar refractivity (Wildman–Crippen MR) is 332 cm³/mol. The Labute approximate surface area is 471 Å². The Kier molecular flexibility index (Phi) is 55.6. The molecule has 1 amide bonds. The Bertz CT molecular complexity index is 1510. The minimum atomic E-state index is -4.36. The van der Waals surface area contributed by atoms with Gasteiger partial charge in [0.15, 0.2) is 0 Å². The predicted octanol–water partition coefficient (Wildman–Crippen LogP) is 20.0. The lowest BCUT2D eigenvalue weighted by Crippen LogP contribution is -2.45. The number of hydrogen-bond acceptors (Lipinski definition) is 5. The minimum absolute atomic E-state index is 0.0545. The van der Waals surface area contributed by atoms with E-state index in [0.717, 1.165) is 89.9 Å². The summed E-state index contributed by atoms with van der Waals surface area (Å²) in [6, 6.07) is -0.862. The van der Waals surface area contributed by atoms with Crippen molar-refractivity contribution in [2.24, 2.45) is 0 Å². The largest absolute Gasteiger partial charge is 0.472 e. The average Bonchev–Trinajstić information content (AvgIpc) is 3.38. The molecule has 3 atom stereocenters. The van der Waals surface area contributed by atoms with Gasteiger partial charge in [0.05, 0.1) is 39.9 Å². The number of aliphatic hydroxyl groups is 1. The van der Waals surface area contributed by atoms with Gasteiger partial charge in [0.1, 0.15) is 13.2 Å². The Balaban J connectivity index is 4.19. The fourth-order valence-corrected chi connectivity index (χ4v) is 9.90. The molecular weight excluding hydrogens is 960 g/mol. The molecule has 0 radical (unpaired) electrons. The number of nitrogens with zero attached hydrogens (tertiary/aromatic N) is 1. The number of likely N-dealkylation sites (N-methyl/N-ethyl adjacent to an activating group) is 1. The van der Waals surface area contributed by atoms with Crippen molar-refractivity contribution in [1.82, 2.24) is 5.32 Å². The molecule has 0 aliphatic carbocycles. The molecule has 0 heterocycles. The van der Waals surface area contributed by atoms with Crippen LogP contribution in [0.3, 0.4) is 0 Å². The summed E-state index contributed by atoms with van der Waals surface area (Å²) in [6.07, 6.45) is 81.3. The van der Waals surface area contributed by atoms with Crippen LogP contribution in [0.2, 0.25) is 0 Å². The van der Waals surface area contributed by atoms with Crippen molar-refractivity contribution in [3.8, 4) is 0 Å². The van der Waals surface area contributed by atoms with Gasteiger partial charge in [0, 0.05) is 6.42 Å². The van der Waals surface area contributed by atoms with Crippen LogP contribution >= 0.6 is 7.82 Å². The molecule has 0 aromatic heterocycles. The van der Waals surface area contributed by atoms with Gasteiger partial charge >= 0.3 is 7.82 Å². The van der Waals surface area contributed by atoms with Crippen LogP contribution in [-0.4, -0.2) is 73.4 Å². The first kappa shape index (κ1) is 73.7. The molecule has 0 bridgehead atoms. The summed E-state index contributed by atoms with van der Waals surface area (Å²) in [6.45, 7) is 4.71. The van der Waals surface area contributed by atoms with Crippen LogP contribution in [0.25, 0.3) is 0 Å². The fraction of sp³-hybridized carbons (Fsp3) is 0.776. The van der Waals surface area contributed by atoms with Gasteiger partial charge in [-0.2, -0.15) is 0 Å². The fourth-order valence-electron chi connectivity index (χ4n) is 9.17. The van der Waals surface area contributed by atoms with E-state index in [1.54, 1.807) is 6.08 Å². The number of unbranched alkanes of at least 4 members (excludes halogenated alkanes) is 33. The maximum Gasteiger partial charge on any atom is 0.472 e. The van der Waals surface area contributed by atoms with Gasteiger partial charge in [0.25, 0.3) is 0 Å². The molecule has 0 saturated heterocycles. The molecule has 0 spiro atoms. The highest BCUT2D eigenvalue weighted by Crippen LogP contribution is 2.43. The van der Waals surface area contributed by atoms with Crippen molar-refractivity contribution in [2.75, 3.05) is 40.9 Å². The van der Waals surface area contributed by atoms with E-state index in [2.05, 4.69) is 92.1 Å². The van der Waals surface area contributed by atoms with Crippen LogP contribution in [0.4, 0.5) is 0 Å². The van der Waals surface area contributed by atoms with E-state index in [4.69, 9.17) is 9.05 Å². The molecule has 9 heteroatoms. The maximum atomic E-state index is 13.0. The molecule has 0 aliphatic heterocycles. The van der Waals surface area contributed by atoms with Gasteiger partial charge in [0.2, 0.25) is 5.91 Å². The van der Waals surface area contributed by atoms with Crippen LogP contribution in [0.1, 0.15) is 284 Å². The molecule has 0 fully saturated rings. The molecule has 76 heavy (non-hydrogen) atoms. The van der Waals surface area contributed by atoms with Crippen molar-refractivity contribution < 1.29 is 32.9 Å². The van der Waals surface area contributed by atoms with Crippen LogP contribution in [-0.2, 0) is 18.4 Å². The van der Waals surface area contributed by atoms with E-state index in [1.165, 1.54) is 173 Å². The first-order chi connectivity index (χ1) is 37.0. The molecule has 3 unspecified atom stereocenters. The highest BCUT2D eigenvalue weighted by atomic mass is 31.2. The van der Waals surface area contributed by atoms with Gasteiger partial charge in [-0.3, -0.25) is 13.8 Å². The van der Waals surface area contributed by atoms with Gasteiger partial charge in [-0.1, -0.05) is 292 Å². The molecule has 0 aliphatic rings. The van der Waals surface area contributed by atoms with Crippen molar-refractivity contribution in [2.45, 2.75) is 296 Å². The Morgan fingerprint density at radius 1 is 0.461 bits per heavy atom. The van der Waals surface area contributed by atoms with E-state index < -0.39 is 20.0 Å². The lowest BCUT2D eigenvalue weighted by molar-refractivity contribution is -0.870. The third-order valence-corrected chi connectivity index (χ3v) is 15.1. The van der Waals surface area contributed by atoms with Crippen molar-refractivity contribution >= 4 is 13.7 Å². The molecule has 0 aromatic carbocycles. The smallest absolute Gasteiger partial charge is 0.387 e. The van der Waals surface area contributed by atoms with E-state index in [-0.39, 0.29) is 19.1 Å². The van der Waals surface area contributed by atoms with Gasteiger partial charge in [-0.15, -0.1) is 0 Å². The first-order valence-corrected chi connectivity index (χ1v) is 33.5. The standard InChI is InChI=1S/C67H123N2O6P/c1-6-8-10-12-14-16-18-20-22-24-26-28-30-32-33-34-35-37-38-40-42-44-46-48-50-52-54-56-58-60-66(70)65(64-75-76(72,73)74-63-62-69(3,4)5)68-67(71)61-59-57-55-53-51-49-47-45-43-41-39-36-31-29-27-25-23-21-19-17-15-13-11-9-7-2/h9,11,15,17,21,23,27,29,36,39,43,45,58,60,65-66,70H,6-8,10,12-14,16,18-20,22,24-26,28,30-35,37-38,40-42,44,46-57,59,61-64H2,1-5H3,(H-,68,71,72,73)/p+1/b11-9-,17-15-,23-21-,29-27-,39-36-,45-43-,60-58+. The van der Waals surface area contributed by atoms with E-state index >= 15 is 0 Å². The second-order valence-corrected chi connectivity index (χ2v) is 24.2. The van der Waals surface area contributed by atoms with Crippen LogP contribution < -0.4 is 5.32 Å². The quantitative estimate of drug-likeness (QED) is 0.0243. The lowest BCUT2D eigenvalue weighted by Gasteiger charge is -2.25. The Morgan fingerprint density at radius 2 is 0.789 bits per heavy atom. The highest BCUT2D eigenvalue weighted by Gasteiger charge is 2.27. The zero-order valence-corrected chi connectivity index (χ0v) is 51.4. The van der Waals surface area contributed by atoms with Crippen LogP contribution in [0.5, 0.6) is 0 Å². The summed E-state index contributed by atoms with van der Waals surface area (Å²) in [7, 11) is 1.56. The van der Waals surface area contributed by atoms with Gasteiger partial charge < -0.3 is 19.8 Å². The summed E-state index contributed by atoms with van der Waals surface area (Å²) in [5.41, 5.74) is 0. The van der Waals surface area contributed by atoms with Gasteiger partial charge in [-0.05, 0) is 70.6 Å². The third-order valence-electron chi connectivity index (χ3n) is 14.1. The Hall–Kier alpha value is -2.32. The zero-order chi connectivity index (χ0) is 55.6. The number of rotatable bonds is 58. The van der Waals surface area contributed by atoms with Gasteiger partial charge in [-0.25, -0.2) is 4.57 Å². The normalized spacial score (nSPS) is 14.4. The number of aliphatic hydroxyl groups excluding tert-OH is 1. The molecule has 0 aromatic rings. The summed E-state index contributed by atoms with van der Waals surface area (Å²) in [5.74, 6) is -0.192. The van der Waals surface area contributed by atoms with E-state index in [0.29, 0.717) is 17.4 Å². The number of quaternary nitrogens is 1. The number of phosphoric acid groups is 1. The van der Waals surface area contributed by atoms with Crippen LogP contribution in [0.15, 0.2) is 85.1 Å². The molecule has 442 valence electrons. The third kappa shape index (κ3) is 59.3. The maximum absolute atomic E-state index is 13.0. The van der Waals surface area contributed by atoms with E-state index in [9.17, 15) is 19.4 Å². The second kappa shape index (κ2) is 57.4. The topological polar surface area (TPSA) is 105 Å². The monoisotopic (exact) mass is 1080 g/mol. The zero-order valence-electron chi connectivity index (χ0n) is 50.5. The number of phosphoric ester groups is 1. The van der Waals surface area contributed by atoms with Crippen molar-refractivity contribution in [3.05, 3.63) is 85.1 Å². The van der Waals surface area contributed by atoms with Crippen molar-refractivity contribution in [1.29, 1.82) is 0 Å². The van der Waals surface area contributed by atoms with Crippen molar-refractivity contribution in [3.63, 3.8) is 0 Å². The summed E-state index contributed by atoms with van der Waals surface area (Å²) >= 11 is 0. The molecule has 3 N–H and O–H groups in total. The molecule has 8 nitrogen and oxygen atoms in total. The molecule has 0 rings (SSSR count). The summed E-state index contributed by atoms with van der Waals surface area (Å²) < 4.78 is 23.8. The number of amides is 1. The van der Waals surface area contributed by atoms with Crippen LogP contribution in [0, 0.1) is 0 Å². The number of allylic oxidation sites excluding steroid dienone is 13. The average molecular weight is 1080 g/mol. The number of nitrogens with one attached hydrogen (secondary N) is 1. The molecule has 0 saturated carbocycles. The highest BCUT2D eigenvalue weighted by molar-refractivity contribution is 7.47. The second-order valence-electron chi connectivity index (χ2n) is 22.8. The number of carbonyl (C=O) groups excluding carboxylic acids is 1. The van der Waals surface area contributed by atoms with E-state index in [1.807, 2.05) is 27.2 Å². The molecular formula is C67H124N2O6P+. The summed E-state index contributed by atoms with van der Waals surface area (Å²) in [4.78, 5) is 23.4. The lowest BCUT2D eigenvalue weighted by atomic mass is 10.0. The SMILES string of the molecule is CC/C=C\C/C=C\C/C=C\C/C=C\C/C=C\C/C=C\CCCCCCCCC(=O)NC(COP(=O)(O)OCC[N+](C)(C)C)C(O)/C=C/CCCCCCCCCCCCCCCCCCCCCCCCCCCCC. The Morgan fingerprint density at radius 3 is 1.16 bits per heavy atom. The first-order valence-electron chi connectivity index (χ1n) is 32.0.